The van der Waals surface area contributed by atoms with E-state index in [4.69, 9.17) is 5.11 Å². The fraction of sp³-hybridized carbons (Fsp3) is 0.625. The summed E-state index contributed by atoms with van der Waals surface area (Å²) < 4.78 is 14.3. The molecule has 1 aromatic carbocycles. The number of rotatable bonds is 6. The zero-order valence-electron chi connectivity index (χ0n) is 12.4. The molecule has 0 bridgehead atoms. The first-order chi connectivity index (χ1) is 9.65. The Hall–Kier alpha value is -1.13. The van der Waals surface area contributed by atoms with Crippen molar-refractivity contribution in [3.8, 4) is 0 Å². The highest BCUT2D eigenvalue weighted by Gasteiger charge is 2.24. The summed E-state index contributed by atoms with van der Waals surface area (Å²) >= 11 is 0. The second-order valence-corrected chi connectivity index (χ2v) is 5.60. The number of hydrogen-bond donors (Lipinski definition) is 2. The molecular weight excluding hydrogens is 255 g/mol. The lowest BCUT2D eigenvalue weighted by molar-refractivity contribution is 0.263. The van der Waals surface area contributed by atoms with Crippen LogP contribution in [-0.2, 0) is 0 Å². The fourth-order valence-electron chi connectivity index (χ4n) is 2.94. The molecule has 1 aliphatic heterocycles. The first-order valence-electron chi connectivity index (χ1n) is 7.54. The molecule has 0 radical (unpaired) electrons. The van der Waals surface area contributed by atoms with Gasteiger partial charge in [0.25, 0.3) is 0 Å². The molecule has 4 heteroatoms. The van der Waals surface area contributed by atoms with E-state index in [9.17, 15) is 4.39 Å². The van der Waals surface area contributed by atoms with Crippen LogP contribution in [0, 0.1) is 11.7 Å². The minimum absolute atomic E-state index is 0.142. The summed E-state index contributed by atoms with van der Waals surface area (Å²) in [6, 6.07) is 5.71. The van der Waals surface area contributed by atoms with Gasteiger partial charge < -0.3 is 15.3 Å². The van der Waals surface area contributed by atoms with Crippen LogP contribution in [0.1, 0.15) is 38.3 Å². The Kier molecular flexibility index (Phi) is 5.38. The van der Waals surface area contributed by atoms with Gasteiger partial charge in [0.15, 0.2) is 0 Å². The third kappa shape index (κ3) is 3.49. The summed E-state index contributed by atoms with van der Waals surface area (Å²) in [4.78, 5) is 2.09. The minimum atomic E-state index is -0.142. The van der Waals surface area contributed by atoms with E-state index in [0.29, 0.717) is 11.6 Å². The third-order valence-corrected chi connectivity index (χ3v) is 4.15. The van der Waals surface area contributed by atoms with Gasteiger partial charge >= 0.3 is 0 Å². The summed E-state index contributed by atoms with van der Waals surface area (Å²) in [6.07, 6.45) is 1.85. The maximum atomic E-state index is 14.3. The highest BCUT2D eigenvalue weighted by atomic mass is 19.1. The van der Waals surface area contributed by atoms with Crippen molar-refractivity contribution >= 4 is 5.69 Å². The Morgan fingerprint density at radius 1 is 1.50 bits per heavy atom. The Balaban J connectivity index is 2.06. The van der Waals surface area contributed by atoms with Crippen molar-refractivity contribution < 1.29 is 9.50 Å². The molecule has 1 heterocycles. The Bertz CT molecular complexity index is 438. The van der Waals surface area contributed by atoms with Crippen molar-refractivity contribution in [3.05, 3.63) is 29.6 Å². The van der Waals surface area contributed by atoms with Gasteiger partial charge in [-0.1, -0.05) is 13.0 Å². The molecule has 20 heavy (non-hydrogen) atoms. The van der Waals surface area contributed by atoms with E-state index in [0.717, 1.165) is 38.0 Å². The lowest BCUT2D eigenvalue weighted by Gasteiger charge is -2.21. The Morgan fingerprint density at radius 3 is 2.95 bits per heavy atom. The van der Waals surface area contributed by atoms with E-state index < -0.39 is 0 Å². The van der Waals surface area contributed by atoms with Crippen LogP contribution in [0.5, 0.6) is 0 Å². The number of nitrogens with zero attached hydrogens (tertiary/aromatic N) is 1. The number of anilines is 1. The number of nitrogens with one attached hydrogen (secondary N) is 1. The first kappa shape index (κ1) is 15.3. The van der Waals surface area contributed by atoms with Gasteiger partial charge in [-0.05, 0) is 49.9 Å². The molecule has 1 aliphatic rings. The summed E-state index contributed by atoms with van der Waals surface area (Å²) in [6.45, 7) is 6.92. The van der Waals surface area contributed by atoms with E-state index in [-0.39, 0.29) is 18.5 Å². The van der Waals surface area contributed by atoms with Gasteiger partial charge in [0.2, 0.25) is 0 Å². The molecular formula is C16H25FN2O. The van der Waals surface area contributed by atoms with Crippen LogP contribution < -0.4 is 10.2 Å². The lowest BCUT2D eigenvalue weighted by Crippen LogP contribution is -2.22. The number of aliphatic hydroxyl groups excluding tert-OH is 1. The standard InChI is InChI=1S/C16H25FN2O/c1-3-18-12(2)14-4-5-16(15(17)10-14)19-8-6-13(11-19)7-9-20/h4-5,10,12-13,18,20H,3,6-9,11H2,1-2H3. The average Bonchev–Trinajstić information content (AvgIpc) is 2.87. The summed E-state index contributed by atoms with van der Waals surface area (Å²) in [5.41, 5.74) is 1.68. The predicted octanol–water partition coefficient (Wildman–Crippen LogP) is 2.70. The van der Waals surface area contributed by atoms with Gasteiger partial charge in [-0.15, -0.1) is 0 Å². The van der Waals surface area contributed by atoms with E-state index in [1.54, 1.807) is 6.07 Å². The van der Waals surface area contributed by atoms with Gasteiger partial charge in [0.05, 0.1) is 5.69 Å². The maximum Gasteiger partial charge on any atom is 0.146 e. The highest BCUT2D eigenvalue weighted by Crippen LogP contribution is 2.29. The summed E-state index contributed by atoms with van der Waals surface area (Å²) in [5, 5.41) is 12.3. The monoisotopic (exact) mass is 280 g/mol. The molecule has 0 spiro atoms. The molecule has 3 nitrogen and oxygen atoms in total. The van der Waals surface area contributed by atoms with Crippen molar-refractivity contribution in [1.29, 1.82) is 0 Å². The third-order valence-electron chi connectivity index (χ3n) is 4.15. The fourth-order valence-corrected chi connectivity index (χ4v) is 2.94. The molecule has 2 atom stereocenters. The molecule has 0 amide bonds. The SMILES string of the molecule is CCNC(C)c1ccc(N2CCC(CCO)C2)c(F)c1. The topological polar surface area (TPSA) is 35.5 Å². The Morgan fingerprint density at radius 2 is 2.30 bits per heavy atom. The molecule has 2 rings (SSSR count). The minimum Gasteiger partial charge on any atom is -0.396 e. The predicted molar refractivity (Wildman–Crippen MR) is 80.5 cm³/mol. The van der Waals surface area contributed by atoms with Crippen molar-refractivity contribution in [3.63, 3.8) is 0 Å². The van der Waals surface area contributed by atoms with E-state index in [2.05, 4.69) is 10.2 Å². The largest absolute Gasteiger partial charge is 0.396 e. The maximum absolute atomic E-state index is 14.3. The normalized spacial score (nSPS) is 20.4. The highest BCUT2D eigenvalue weighted by molar-refractivity contribution is 5.50. The second kappa shape index (κ2) is 7.04. The first-order valence-corrected chi connectivity index (χ1v) is 7.54. The van der Waals surface area contributed by atoms with Crippen LogP contribution in [0.4, 0.5) is 10.1 Å². The van der Waals surface area contributed by atoms with Crippen molar-refractivity contribution in [2.45, 2.75) is 32.7 Å². The molecule has 1 fully saturated rings. The molecule has 1 saturated heterocycles. The van der Waals surface area contributed by atoms with E-state index in [1.165, 1.54) is 0 Å². The zero-order chi connectivity index (χ0) is 14.5. The van der Waals surface area contributed by atoms with Crippen LogP contribution in [0.15, 0.2) is 18.2 Å². The van der Waals surface area contributed by atoms with Crippen molar-refractivity contribution in [1.82, 2.24) is 5.32 Å². The number of benzene rings is 1. The molecule has 0 aromatic heterocycles. The van der Waals surface area contributed by atoms with E-state index in [1.807, 2.05) is 26.0 Å². The van der Waals surface area contributed by atoms with E-state index >= 15 is 0 Å². The van der Waals surface area contributed by atoms with Crippen LogP contribution >= 0.6 is 0 Å². The van der Waals surface area contributed by atoms with Crippen LogP contribution in [0.25, 0.3) is 0 Å². The van der Waals surface area contributed by atoms with Gasteiger partial charge in [0.1, 0.15) is 5.82 Å². The van der Waals surface area contributed by atoms with Gasteiger partial charge in [-0.2, -0.15) is 0 Å². The summed E-state index contributed by atoms with van der Waals surface area (Å²) in [7, 11) is 0. The average molecular weight is 280 g/mol. The lowest BCUT2D eigenvalue weighted by atomic mass is 10.1. The van der Waals surface area contributed by atoms with Crippen LogP contribution in [-0.4, -0.2) is 31.3 Å². The van der Waals surface area contributed by atoms with Crippen molar-refractivity contribution in [2.75, 3.05) is 31.1 Å². The molecule has 2 unspecified atom stereocenters. The van der Waals surface area contributed by atoms with Crippen LogP contribution in [0.3, 0.4) is 0 Å². The Labute approximate surface area is 120 Å². The van der Waals surface area contributed by atoms with Crippen LogP contribution in [0.2, 0.25) is 0 Å². The molecule has 0 saturated carbocycles. The molecule has 1 aromatic rings. The summed E-state index contributed by atoms with van der Waals surface area (Å²) in [5.74, 6) is 0.344. The van der Waals surface area contributed by atoms with Gasteiger partial charge in [0, 0.05) is 25.7 Å². The molecule has 0 aliphatic carbocycles. The van der Waals surface area contributed by atoms with Gasteiger partial charge in [-0.3, -0.25) is 0 Å². The smallest absolute Gasteiger partial charge is 0.146 e. The number of halogens is 1. The zero-order valence-corrected chi connectivity index (χ0v) is 12.4. The van der Waals surface area contributed by atoms with Gasteiger partial charge in [-0.25, -0.2) is 4.39 Å². The molecule has 112 valence electrons. The quantitative estimate of drug-likeness (QED) is 0.841. The second-order valence-electron chi connectivity index (χ2n) is 5.60. The number of aliphatic hydroxyl groups is 1. The molecule has 2 N–H and O–H groups in total. The number of hydrogen-bond acceptors (Lipinski definition) is 3. The van der Waals surface area contributed by atoms with Crippen molar-refractivity contribution in [2.24, 2.45) is 5.92 Å².